The average molecular weight is 288 g/mol. The zero-order valence-corrected chi connectivity index (χ0v) is 12.3. The van der Waals surface area contributed by atoms with Crippen LogP contribution in [-0.2, 0) is 11.2 Å². The molecule has 112 valence electrons. The summed E-state index contributed by atoms with van der Waals surface area (Å²) in [5.74, 6) is 1.31. The van der Waals surface area contributed by atoms with Gasteiger partial charge in [0.25, 0.3) is 0 Å². The predicted octanol–water partition coefficient (Wildman–Crippen LogP) is 1.81. The lowest BCUT2D eigenvalue weighted by molar-refractivity contribution is -0.121. The molecule has 6 nitrogen and oxygen atoms in total. The molecule has 0 spiro atoms. The fourth-order valence-electron chi connectivity index (χ4n) is 2.05. The van der Waals surface area contributed by atoms with E-state index in [0.717, 1.165) is 11.3 Å². The van der Waals surface area contributed by atoms with Gasteiger partial charge in [0.15, 0.2) is 5.82 Å². The lowest BCUT2D eigenvalue weighted by atomic mass is 9.97. The van der Waals surface area contributed by atoms with Gasteiger partial charge >= 0.3 is 0 Å². The molecule has 0 radical (unpaired) electrons. The maximum Gasteiger partial charge on any atom is 0.223 e. The summed E-state index contributed by atoms with van der Waals surface area (Å²) in [5, 5.41) is 6.65. The van der Waals surface area contributed by atoms with E-state index in [-0.39, 0.29) is 11.8 Å². The molecule has 1 amide bonds. The number of hydrogen-bond donors (Lipinski definition) is 2. The van der Waals surface area contributed by atoms with Crippen molar-refractivity contribution in [3.63, 3.8) is 0 Å². The van der Waals surface area contributed by atoms with E-state index in [1.54, 1.807) is 6.92 Å². The highest BCUT2D eigenvalue weighted by Gasteiger charge is 2.11. The van der Waals surface area contributed by atoms with Gasteiger partial charge in [0.1, 0.15) is 0 Å². The monoisotopic (exact) mass is 288 g/mol. The molecule has 0 saturated heterocycles. The van der Waals surface area contributed by atoms with Crippen molar-refractivity contribution in [2.24, 2.45) is 0 Å². The van der Waals surface area contributed by atoms with Crippen molar-refractivity contribution in [2.45, 2.75) is 32.6 Å². The van der Waals surface area contributed by atoms with Crippen LogP contribution in [0.5, 0.6) is 0 Å². The van der Waals surface area contributed by atoms with E-state index in [9.17, 15) is 4.79 Å². The van der Waals surface area contributed by atoms with Gasteiger partial charge in [-0.2, -0.15) is 4.98 Å². The Morgan fingerprint density at radius 2 is 2.10 bits per heavy atom. The van der Waals surface area contributed by atoms with Crippen molar-refractivity contribution >= 4 is 11.6 Å². The third-order valence-corrected chi connectivity index (χ3v) is 3.24. The third kappa shape index (κ3) is 4.59. The summed E-state index contributed by atoms with van der Waals surface area (Å²) in [6.45, 7) is 4.27. The van der Waals surface area contributed by atoms with Gasteiger partial charge in [0, 0.05) is 32.0 Å². The first-order chi connectivity index (χ1) is 10.0. The largest absolute Gasteiger partial charge is 0.399 e. The van der Waals surface area contributed by atoms with Crippen LogP contribution >= 0.6 is 0 Å². The average Bonchev–Trinajstić information content (AvgIpc) is 2.85. The molecule has 1 heterocycles. The second kappa shape index (κ2) is 6.88. The van der Waals surface area contributed by atoms with Crippen LogP contribution in [0.1, 0.15) is 36.5 Å². The van der Waals surface area contributed by atoms with E-state index in [1.165, 1.54) is 0 Å². The number of amides is 1. The smallest absolute Gasteiger partial charge is 0.223 e. The summed E-state index contributed by atoms with van der Waals surface area (Å²) in [7, 11) is 0. The number of aromatic nitrogens is 2. The lowest BCUT2D eigenvalue weighted by Crippen LogP contribution is -2.27. The standard InChI is InChI=1S/C15H20N4O2/c1-10(12-3-5-13(16)6-4-12)9-15(20)17-8-7-14-18-11(2)21-19-14/h3-6,10H,7-9,16H2,1-2H3,(H,17,20). The highest BCUT2D eigenvalue weighted by molar-refractivity contribution is 5.76. The summed E-state index contributed by atoms with van der Waals surface area (Å²) in [4.78, 5) is 16.0. The molecule has 21 heavy (non-hydrogen) atoms. The maximum atomic E-state index is 11.9. The number of carbonyl (C=O) groups is 1. The van der Waals surface area contributed by atoms with Crippen molar-refractivity contribution in [1.29, 1.82) is 0 Å². The second-order valence-electron chi connectivity index (χ2n) is 5.10. The zero-order chi connectivity index (χ0) is 15.2. The SMILES string of the molecule is Cc1nc(CCNC(=O)CC(C)c2ccc(N)cc2)no1. The van der Waals surface area contributed by atoms with Crippen molar-refractivity contribution in [1.82, 2.24) is 15.5 Å². The number of carbonyl (C=O) groups excluding carboxylic acids is 1. The number of rotatable bonds is 6. The van der Waals surface area contributed by atoms with Gasteiger partial charge in [0.2, 0.25) is 11.8 Å². The Morgan fingerprint density at radius 1 is 1.38 bits per heavy atom. The molecule has 1 atom stereocenters. The van der Waals surface area contributed by atoms with Gasteiger partial charge in [-0.1, -0.05) is 24.2 Å². The quantitative estimate of drug-likeness (QED) is 0.791. The Bertz CT molecular complexity index is 592. The number of benzene rings is 1. The molecule has 1 unspecified atom stereocenters. The van der Waals surface area contributed by atoms with Crippen LogP contribution in [0.2, 0.25) is 0 Å². The molecule has 1 aromatic carbocycles. The van der Waals surface area contributed by atoms with Crippen LogP contribution in [0.3, 0.4) is 0 Å². The molecule has 0 fully saturated rings. The van der Waals surface area contributed by atoms with Gasteiger partial charge in [-0.15, -0.1) is 0 Å². The van der Waals surface area contributed by atoms with Gasteiger partial charge in [-0.05, 0) is 23.6 Å². The molecule has 1 aromatic heterocycles. The highest BCUT2D eigenvalue weighted by atomic mass is 16.5. The van der Waals surface area contributed by atoms with Gasteiger partial charge in [0.05, 0.1) is 0 Å². The van der Waals surface area contributed by atoms with E-state index >= 15 is 0 Å². The molecule has 0 aliphatic carbocycles. The summed E-state index contributed by atoms with van der Waals surface area (Å²) in [6.07, 6.45) is 1.01. The predicted molar refractivity (Wildman–Crippen MR) is 79.6 cm³/mol. The maximum absolute atomic E-state index is 11.9. The number of aryl methyl sites for hydroxylation is 1. The molecule has 0 bridgehead atoms. The molecule has 0 aliphatic rings. The van der Waals surface area contributed by atoms with Crippen molar-refractivity contribution in [3.8, 4) is 0 Å². The Balaban J connectivity index is 1.75. The van der Waals surface area contributed by atoms with Gasteiger partial charge in [-0.3, -0.25) is 4.79 Å². The van der Waals surface area contributed by atoms with Crippen LogP contribution in [-0.4, -0.2) is 22.6 Å². The zero-order valence-electron chi connectivity index (χ0n) is 12.3. The Kier molecular flexibility index (Phi) is 4.92. The van der Waals surface area contributed by atoms with Gasteiger partial charge in [-0.25, -0.2) is 0 Å². The summed E-state index contributed by atoms with van der Waals surface area (Å²) >= 11 is 0. The van der Waals surface area contributed by atoms with E-state index in [0.29, 0.717) is 31.1 Å². The van der Waals surface area contributed by atoms with E-state index in [1.807, 2.05) is 31.2 Å². The third-order valence-electron chi connectivity index (χ3n) is 3.24. The first-order valence-corrected chi connectivity index (χ1v) is 6.96. The molecular weight excluding hydrogens is 268 g/mol. The van der Waals surface area contributed by atoms with Crippen LogP contribution in [0, 0.1) is 6.92 Å². The van der Waals surface area contributed by atoms with Gasteiger partial charge < -0.3 is 15.6 Å². The molecule has 0 aliphatic heterocycles. The molecule has 3 N–H and O–H groups in total. The highest BCUT2D eigenvalue weighted by Crippen LogP contribution is 2.19. The van der Waals surface area contributed by atoms with E-state index in [4.69, 9.17) is 10.3 Å². The molecular formula is C15H20N4O2. The van der Waals surface area contributed by atoms with Crippen molar-refractivity contribution in [3.05, 3.63) is 41.5 Å². The first-order valence-electron chi connectivity index (χ1n) is 6.96. The Labute approximate surface area is 123 Å². The minimum atomic E-state index is 0.0135. The number of nitrogen functional groups attached to an aromatic ring is 1. The van der Waals surface area contributed by atoms with Crippen LogP contribution in [0.25, 0.3) is 0 Å². The van der Waals surface area contributed by atoms with Crippen LogP contribution in [0.15, 0.2) is 28.8 Å². The summed E-state index contributed by atoms with van der Waals surface area (Å²) in [6, 6.07) is 7.61. The number of nitrogens with zero attached hydrogens (tertiary/aromatic N) is 2. The van der Waals surface area contributed by atoms with E-state index in [2.05, 4.69) is 15.5 Å². The normalized spacial score (nSPS) is 12.1. The van der Waals surface area contributed by atoms with Crippen LogP contribution < -0.4 is 11.1 Å². The number of anilines is 1. The lowest BCUT2D eigenvalue weighted by Gasteiger charge is -2.12. The number of nitrogens with one attached hydrogen (secondary N) is 1. The topological polar surface area (TPSA) is 94.0 Å². The van der Waals surface area contributed by atoms with Crippen molar-refractivity contribution < 1.29 is 9.32 Å². The first kappa shape index (κ1) is 15.0. The summed E-state index contributed by atoms with van der Waals surface area (Å²) < 4.78 is 4.87. The van der Waals surface area contributed by atoms with Crippen LogP contribution in [0.4, 0.5) is 5.69 Å². The Hall–Kier alpha value is -2.37. The number of nitrogens with two attached hydrogens (primary N) is 1. The van der Waals surface area contributed by atoms with E-state index < -0.39 is 0 Å². The second-order valence-corrected chi connectivity index (χ2v) is 5.10. The molecule has 6 heteroatoms. The minimum absolute atomic E-state index is 0.0135. The molecule has 2 aromatic rings. The number of hydrogen-bond acceptors (Lipinski definition) is 5. The minimum Gasteiger partial charge on any atom is -0.399 e. The Morgan fingerprint density at radius 3 is 2.71 bits per heavy atom. The molecule has 2 rings (SSSR count). The fraction of sp³-hybridized carbons (Fsp3) is 0.400. The van der Waals surface area contributed by atoms with Crippen molar-refractivity contribution in [2.75, 3.05) is 12.3 Å². The molecule has 0 saturated carbocycles. The fourth-order valence-corrected chi connectivity index (χ4v) is 2.05. The summed E-state index contributed by atoms with van der Waals surface area (Å²) in [5.41, 5.74) is 7.48.